The Morgan fingerprint density at radius 3 is 1.37 bits per heavy atom. The van der Waals surface area contributed by atoms with E-state index in [0.717, 1.165) is 9.80 Å². The number of amides is 3. The number of carbonyl (C=O) groups excluding carboxylic acids is 4. The Labute approximate surface area is 456 Å². The van der Waals surface area contributed by atoms with Crippen molar-refractivity contribution < 1.29 is 55.0 Å². The van der Waals surface area contributed by atoms with Gasteiger partial charge in [0.25, 0.3) is 0 Å². The van der Waals surface area contributed by atoms with Gasteiger partial charge in [0.1, 0.15) is 24.3 Å². The molecule has 0 bridgehead atoms. The number of alkyl halides is 6. The molecule has 0 unspecified atom stereocenters. The first-order chi connectivity index (χ1) is 32.0. The molecule has 4 aromatic carbocycles. The molecular formula is C46H49Cl7F6N4O6S2. The Morgan fingerprint density at radius 2 is 0.986 bits per heavy atom. The lowest BCUT2D eigenvalue weighted by atomic mass is 9.84. The van der Waals surface area contributed by atoms with Crippen molar-refractivity contribution in [3.8, 4) is 11.5 Å². The predicted octanol–water partition coefficient (Wildman–Crippen LogP) is 14.7. The van der Waals surface area contributed by atoms with Gasteiger partial charge in [-0.1, -0.05) is 93.9 Å². The number of carbonyl (C=O) groups is 4. The molecule has 4 rings (SSSR count). The molecule has 392 valence electrons. The van der Waals surface area contributed by atoms with Crippen LogP contribution in [0.4, 0.5) is 35.9 Å². The van der Waals surface area contributed by atoms with Crippen LogP contribution in [0.1, 0.15) is 36.8 Å². The molecule has 71 heavy (non-hydrogen) atoms. The number of hydrogen-bond acceptors (Lipinski definition) is 7. The van der Waals surface area contributed by atoms with E-state index in [-0.39, 0.29) is 62.3 Å². The molecule has 0 radical (unpaired) electrons. The van der Waals surface area contributed by atoms with E-state index in [1.807, 2.05) is 0 Å². The minimum Gasteiger partial charge on any atom is -0.415 e. The lowest BCUT2D eigenvalue weighted by Crippen LogP contribution is -2.55. The fraction of sp³-hybridized carbons (Fsp3) is 0.304. The summed E-state index contributed by atoms with van der Waals surface area (Å²) in [7, 11) is 5.63. The molecule has 3 amide bonds. The second-order valence-corrected chi connectivity index (χ2v) is 17.7. The standard InChI is InChI=1S/C23H22Cl3F3N2O3.C16H19Cl2F3N2O.C7H4Cl2O2.2H2S/c1-4-11-22(15-5-10-18(25)19(26)12-15,14-30(2)20(32)13-23(27,28)29)31(3)21(33)34-17-8-6-16(24)7-9-17;1-4-7-15(22-2,11-5-6-12(17)13(18)8-11)10-23(3)14(24)9-16(19,20)21;8-5-1-3-6(4-2-5)11-7(9)10;;/h4-10,12H,1,11,13-14H2,2-3H3;4-6,8,22H,1,7,9-10H2,2-3H3;1-4H;2*1H2/t22-;15-;;;/m11.../s1. The van der Waals surface area contributed by atoms with E-state index in [4.69, 9.17) is 85.9 Å². The summed E-state index contributed by atoms with van der Waals surface area (Å²) in [5.41, 5.74) is -1.94. The molecule has 0 aliphatic heterocycles. The lowest BCUT2D eigenvalue weighted by molar-refractivity contribution is -0.163. The first kappa shape index (κ1) is 67.3. The van der Waals surface area contributed by atoms with Crippen molar-refractivity contribution in [3.63, 3.8) is 0 Å². The van der Waals surface area contributed by atoms with Gasteiger partial charge in [-0.15, -0.1) is 13.2 Å². The highest BCUT2D eigenvalue weighted by Crippen LogP contribution is 2.38. The van der Waals surface area contributed by atoms with Gasteiger partial charge >= 0.3 is 23.9 Å². The number of rotatable bonds is 16. The summed E-state index contributed by atoms with van der Waals surface area (Å²) in [5, 5.41) is 5.19. The SMILES string of the molecule is C=CC[C@@](CN(C)C(=O)CC(F)(F)F)(c1ccc(Cl)c(Cl)c1)N(C)C(=O)Oc1ccc(Cl)cc1.C=CC[C@](CN(C)C(=O)CC(F)(F)F)(NC)c1ccc(Cl)c(Cl)c1.O=C(Cl)Oc1ccc(Cl)cc1.S.S. The fourth-order valence-electron chi connectivity index (χ4n) is 6.40. The van der Waals surface area contributed by atoms with Gasteiger partial charge < -0.3 is 24.6 Å². The summed E-state index contributed by atoms with van der Waals surface area (Å²) >= 11 is 40.6. The van der Waals surface area contributed by atoms with Crippen LogP contribution < -0.4 is 14.8 Å². The van der Waals surface area contributed by atoms with Crippen LogP contribution in [-0.4, -0.2) is 91.7 Å². The Balaban J connectivity index is 0.00000115. The van der Waals surface area contributed by atoms with Crippen LogP contribution in [0.3, 0.4) is 0 Å². The van der Waals surface area contributed by atoms with Crippen molar-refractivity contribution in [1.82, 2.24) is 20.0 Å². The van der Waals surface area contributed by atoms with Crippen LogP contribution in [0.15, 0.2) is 110 Å². The Kier molecular flexibility index (Phi) is 28.9. The molecule has 0 saturated heterocycles. The highest BCUT2D eigenvalue weighted by molar-refractivity contribution is 7.59. The smallest absolute Gasteiger partial charge is 0.415 e. The van der Waals surface area contributed by atoms with Gasteiger partial charge in [0.15, 0.2) is 0 Å². The summed E-state index contributed by atoms with van der Waals surface area (Å²) in [5.74, 6) is -1.59. The number of hydrogen-bond donors (Lipinski definition) is 1. The van der Waals surface area contributed by atoms with Gasteiger partial charge in [-0.2, -0.15) is 53.3 Å². The monoisotopic (exact) mass is 1180 g/mol. The van der Waals surface area contributed by atoms with E-state index in [0.29, 0.717) is 43.4 Å². The Morgan fingerprint density at radius 1 is 0.592 bits per heavy atom. The Bertz CT molecular complexity index is 2410. The maximum absolute atomic E-state index is 13.1. The quantitative estimate of drug-likeness (QED) is 0.0676. The number of likely N-dealkylation sites (N-methyl/N-ethyl adjacent to an activating group) is 4. The summed E-state index contributed by atoms with van der Waals surface area (Å²) < 4.78 is 85.8. The van der Waals surface area contributed by atoms with E-state index in [9.17, 15) is 45.5 Å². The molecule has 0 spiro atoms. The number of nitrogens with one attached hydrogen (secondary N) is 1. The number of nitrogens with zero attached hydrogens (tertiary/aromatic N) is 3. The topological polar surface area (TPSA) is 108 Å². The predicted molar refractivity (Wildman–Crippen MR) is 281 cm³/mol. The van der Waals surface area contributed by atoms with Gasteiger partial charge in [0.05, 0.1) is 31.2 Å². The number of ether oxygens (including phenoxy) is 2. The molecule has 10 nitrogen and oxygen atoms in total. The first-order valence-corrected chi connectivity index (χ1v) is 22.4. The highest BCUT2D eigenvalue weighted by Gasteiger charge is 2.43. The second-order valence-electron chi connectivity index (χ2n) is 14.9. The minimum absolute atomic E-state index is 0. The van der Waals surface area contributed by atoms with E-state index in [2.05, 4.69) is 23.2 Å². The first-order valence-electron chi connectivity index (χ1n) is 19.8. The van der Waals surface area contributed by atoms with Crippen molar-refractivity contribution in [1.29, 1.82) is 0 Å². The summed E-state index contributed by atoms with van der Waals surface area (Å²) in [6.45, 7) is 7.12. The van der Waals surface area contributed by atoms with Crippen molar-refractivity contribution in [3.05, 3.63) is 152 Å². The molecule has 25 heteroatoms. The van der Waals surface area contributed by atoms with Crippen LogP contribution in [0.5, 0.6) is 11.5 Å². The molecule has 1 N–H and O–H groups in total. The van der Waals surface area contributed by atoms with Crippen molar-refractivity contribution in [2.24, 2.45) is 0 Å². The zero-order valence-corrected chi connectivity index (χ0v) is 45.4. The van der Waals surface area contributed by atoms with Gasteiger partial charge in [-0.3, -0.25) is 14.5 Å². The minimum atomic E-state index is -4.69. The van der Waals surface area contributed by atoms with Crippen molar-refractivity contribution in [2.45, 2.75) is 49.1 Å². The number of benzene rings is 4. The highest BCUT2D eigenvalue weighted by atomic mass is 35.5. The van der Waals surface area contributed by atoms with E-state index in [1.165, 1.54) is 68.5 Å². The molecule has 0 saturated carbocycles. The molecular weight excluding hydrogens is 1130 g/mol. The third-order valence-corrected chi connectivity index (χ3v) is 11.9. The van der Waals surface area contributed by atoms with Crippen LogP contribution in [0.25, 0.3) is 0 Å². The van der Waals surface area contributed by atoms with Crippen LogP contribution in [0.2, 0.25) is 30.1 Å². The van der Waals surface area contributed by atoms with Gasteiger partial charge in [-0.05, 0) is 104 Å². The average Bonchev–Trinajstić information content (AvgIpc) is 3.25. The summed E-state index contributed by atoms with van der Waals surface area (Å²) in [4.78, 5) is 50.6. The summed E-state index contributed by atoms with van der Waals surface area (Å²) in [6.07, 6.45) is -9.66. The zero-order chi connectivity index (χ0) is 52.5. The second kappa shape index (κ2) is 30.5. The van der Waals surface area contributed by atoms with Gasteiger partial charge in [-0.25, -0.2) is 9.59 Å². The van der Waals surface area contributed by atoms with Crippen LogP contribution in [-0.2, 0) is 20.7 Å². The molecule has 0 fully saturated rings. The maximum atomic E-state index is 13.1. The van der Waals surface area contributed by atoms with E-state index >= 15 is 0 Å². The average molecular weight is 1180 g/mol. The van der Waals surface area contributed by atoms with E-state index < -0.39 is 59.6 Å². The largest absolute Gasteiger partial charge is 0.415 e. The normalized spacial score (nSPS) is 12.5. The van der Waals surface area contributed by atoms with Crippen LogP contribution in [0, 0.1) is 0 Å². The lowest BCUT2D eigenvalue weighted by Gasteiger charge is -2.43. The van der Waals surface area contributed by atoms with Crippen molar-refractivity contribution >= 4 is 132 Å². The molecule has 0 aromatic heterocycles. The third-order valence-electron chi connectivity index (χ3n) is 9.89. The van der Waals surface area contributed by atoms with E-state index in [1.54, 1.807) is 61.7 Å². The molecule has 0 heterocycles. The van der Waals surface area contributed by atoms with Crippen molar-refractivity contribution in [2.75, 3.05) is 41.3 Å². The fourth-order valence-corrected chi connectivity index (χ4v) is 7.34. The molecule has 0 aliphatic carbocycles. The maximum Gasteiger partial charge on any atom is 0.415 e. The Hall–Kier alpha value is -3.69. The van der Waals surface area contributed by atoms with Crippen LogP contribution >= 0.6 is 108 Å². The van der Waals surface area contributed by atoms with Gasteiger partial charge in [0, 0.05) is 55.9 Å². The zero-order valence-electron chi connectivity index (χ0n) is 38.1. The molecule has 4 aromatic rings. The number of halogens is 13. The molecule has 2 atom stereocenters. The van der Waals surface area contributed by atoms with Gasteiger partial charge in [0.2, 0.25) is 11.8 Å². The summed E-state index contributed by atoms with van der Waals surface area (Å²) in [6, 6.07) is 21.9. The third kappa shape index (κ3) is 22.1. The molecule has 0 aliphatic rings.